The highest BCUT2D eigenvalue weighted by Gasteiger charge is 2.42. The van der Waals surface area contributed by atoms with E-state index in [9.17, 15) is 9.59 Å². The van der Waals surface area contributed by atoms with Crippen LogP contribution in [0.5, 0.6) is 0 Å². The molecule has 7 heteroatoms. The largest absolute Gasteiger partial charge is 0.455 e. The lowest BCUT2D eigenvalue weighted by molar-refractivity contribution is -0.160. The van der Waals surface area contributed by atoms with Gasteiger partial charge >= 0.3 is 5.97 Å². The van der Waals surface area contributed by atoms with Crippen molar-refractivity contribution >= 4 is 44.8 Å². The number of amides is 1. The number of ether oxygens (including phenoxy) is 1. The number of nitrogens with zero attached hydrogens (tertiary/aromatic N) is 2. The Kier molecular flexibility index (Phi) is 6.74. The van der Waals surface area contributed by atoms with Gasteiger partial charge in [0, 0.05) is 31.9 Å². The molecule has 1 fully saturated rings. The lowest BCUT2D eigenvalue weighted by Gasteiger charge is -2.34. The standard InChI is InChI=1S/C25H29N3O3S/c1-28(2)19-12-10-18(11-13-19)26-22(29)17-31-24(30)25(14-6-3-7-15-25)16-23-27-20-8-4-5-9-21(20)32-23/h4-5,8-13H,3,6-7,14-17H2,1-2H3,(H,26,29). The Labute approximate surface area is 192 Å². The zero-order valence-corrected chi connectivity index (χ0v) is 19.4. The molecule has 0 saturated heterocycles. The van der Waals surface area contributed by atoms with Crippen LogP contribution in [0, 0.1) is 5.41 Å². The molecule has 1 heterocycles. The Balaban J connectivity index is 1.39. The number of para-hydroxylation sites is 1. The van der Waals surface area contributed by atoms with Gasteiger partial charge < -0.3 is 15.0 Å². The molecule has 1 N–H and O–H groups in total. The summed E-state index contributed by atoms with van der Waals surface area (Å²) in [6.07, 6.45) is 5.22. The van der Waals surface area contributed by atoms with Crippen LogP contribution in [0.1, 0.15) is 37.1 Å². The average Bonchev–Trinajstić information content (AvgIpc) is 3.20. The third-order valence-electron chi connectivity index (χ3n) is 6.07. The maximum absolute atomic E-state index is 13.2. The number of anilines is 2. The van der Waals surface area contributed by atoms with Crippen LogP contribution in [0.15, 0.2) is 48.5 Å². The lowest BCUT2D eigenvalue weighted by atomic mass is 9.72. The van der Waals surface area contributed by atoms with Crippen molar-refractivity contribution in [3.05, 3.63) is 53.5 Å². The number of aromatic nitrogens is 1. The van der Waals surface area contributed by atoms with E-state index in [1.54, 1.807) is 11.3 Å². The molecule has 0 spiro atoms. The molecule has 0 bridgehead atoms. The molecule has 2 aromatic carbocycles. The van der Waals surface area contributed by atoms with Crippen LogP contribution < -0.4 is 10.2 Å². The summed E-state index contributed by atoms with van der Waals surface area (Å²) in [7, 11) is 3.92. The van der Waals surface area contributed by atoms with Crippen molar-refractivity contribution in [2.45, 2.75) is 38.5 Å². The molecule has 0 radical (unpaired) electrons. The van der Waals surface area contributed by atoms with E-state index in [-0.39, 0.29) is 18.5 Å². The third kappa shape index (κ3) is 5.10. The molecule has 4 rings (SSSR count). The fraction of sp³-hybridized carbons (Fsp3) is 0.400. The van der Waals surface area contributed by atoms with E-state index in [1.165, 1.54) is 0 Å². The van der Waals surface area contributed by atoms with Crippen molar-refractivity contribution in [2.75, 3.05) is 30.9 Å². The summed E-state index contributed by atoms with van der Waals surface area (Å²) in [5.74, 6) is -0.614. The maximum atomic E-state index is 13.2. The summed E-state index contributed by atoms with van der Waals surface area (Å²) < 4.78 is 6.67. The van der Waals surface area contributed by atoms with E-state index in [2.05, 4.69) is 11.4 Å². The molecular formula is C25H29N3O3S. The minimum atomic E-state index is -0.597. The Morgan fingerprint density at radius 3 is 2.47 bits per heavy atom. The highest BCUT2D eigenvalue weighted by molar-refractivity contribution is 7.18. The summed E-state index contributed by atoms with van der Waals surface area (Å²) in [4.78, 5) is 32.3. The molecular weight excluding hydrogens is 422 g/mol. The molecule has 1 amide bonds. The van der Waals surface area contributed by atoms with Gasteiger partial charge in [-0.3, -0.25) is 9.59 Å². The van der Waals surface area contributed by atoms with Crippen LogP contribution in [0.4, 0.5) is 11.4 Å². The molecule has 1 aliphatic carbocycles. The highest BCUT2D eigenvalue weighted by atomic mass is 32.1. The van der Waals surface area contributed by atoms with Gasteiger partial charge in [0.1, 0.15) is 0 Å². The average molecular weight is 452 g/mol. The number of esters is 1. The molecule has 3 aromatic rings. The number of thiazole rings is 1. The van der Waals surface area contributed by atoms with Gasteiger partial charge in [0.15, 0.2) is 6.61 Å². The van der Waals surface area contributed by atoms with E-state index in [4.69, 9.17) is 9.72 Å². The first-order chi connectivity index (χ1) is 15.4. The second-order valence-corrected chi connectivity index (χ2v) is 9.77. The van der Waals surface area contributed by atoms with Gasteiger partial charge in [-0.1, -0.05) is 31.4 Å². The second kappa shape index (κ2) is 9.69. The van der Waals surface area contributed by atoms with Crippen LogP contribution >= 0.6 is 11.3 Å². The van der Waals surface area contributed by atoms with Gasteiger partial charge in [0.25, 0.3) is 5.91 Å². The zero-order valence-electron chi connectivity index (χ0n) is 18.6. The van der Waals surface area contributed by atoms with Crippen molar-refractivity contribution in [3.63, 3.8) is 0 Å². The minimum Gasteiger partial charge on any atom is -0.455 e. The van der Waals surface area contributed by atoms with Crippen LogP contribution in [0.2, 0.25) is 0 Å². The topological polar surface area (TPSA) is 71.5 Å². The van der Waals surface area contributed by atoms with Gasteiger partial charge in [-0.2, -0.15) is 0 Å². The van der Waals surface area contributed by atoms with Crippen molar-refractivity contribution in [2.24, 2.45) is 5.41 Å². The molecule has 0 unspecified atom stereocenters. The number of rotatable bonds is 7. The molecule has 32 heavy (non-hydrogen) atoms. The number of carbonyl (C=O) groups is 2. The number of hydrogen-bond donors (Lipinski definition) is 1. The van der Waals surface area contributed by atoms with Crippen molar-refractivity contribution in [1.82, 2.24) is 4.98 Å². The predicted octanol–water partition coefficient (Wildman–Crippen LogP) is 5.04. The monoisotopic (exact) mass is 451 g/mol. The van der Waals surface area contributed by atoms with Crippen LogP contribution in [0.3, 0.4) is 0 Å². The van der Waals surface area contributed by atoms with E-state index < -0.39 is 5.41 Å². The van der Waals surface area contributed by atoms with Crippen molar-refractivity contribution in [1.29, 1.82) is 0 Å². The quantitative estimate of drug-likeness (QED) is 0.510. The van der Waals surface area contributed by atoms with E-state index in [0.717, 1.165) is 53.0 Å². The molecule has 6 nitrogen and oxygen atoms in total. The van der Waals surface area contributed by atoms with Gasteiger partial charge in [-0.05, 0) is 49.2 Å². The zero-order chi connectivity index (χ0) is 22.6. The fourth-order valence-corrected chi connectivity index (χ4v) is 5.40. The predicted molar refractivity (Wildman–Crippen MR) is 129 cm³/mol. The first-order valence-electron chi connectivity index (χ1n) is 11.0. The summed E-state index contributed by atoms with van der Waals surface area (Å²) >= 11 is 1.63. The molecule has 1 aromatic heterocycles. The van der Waals surface area contributed by atoms with E-state index in [0.29, 0.717) is 12.1 Å². The molecule has 0 aliphatic heterocycles. The lowest BCUT2D eigenvalue weighted by Crippen LogP contribution is -2.38. The van der Waals surface area contributed by atoms with Gasteiger partial charge in [0.05, 0.1) is 20.6 Å². The van der Waals surface area contributed by atoms with E-state index in [1.807, 2.05) is 61.5 Å². The smallest absolute Gasteiger partial charge is 0.313 e. The molecule has 0 atom stereocenters. The highest BCUT2D eigenvalue weighted by Crippen LogP contribution is 2.41. The number of benzene rings is 2. The molecule has 1 aliphatic rings. The van der Waals surface area contributed by atoms with Crippen LogP contribution in [-0.2, 0) is 20.7 Å². The number of fused-ring (bicyclic) bond motifs is 1. The summed E-state index contributed by atoms with van der Waals surface area (Å²) in [6, 6.07) is 15.6. The number of hydrogen-bond acceptors (Lipinski definition) is 6. The third-order valence-corrected chi connectivity index (χ3v) is 7.11. The van der Waals surface area contributed by atoms with Crippen molar-refractivity contribution in [3.8, 4) is 0 Å². The van der Waals surface area contributed by atoms with Crippen LogP contribution in [-0.4, -0.2) is 37.6 Å². The second-order valence-electron chi connectivity index (χ2n) is 8.66. The van der Waals surface area contributed by atoms with Gasteiger partial charge in [-0.15, -0.1) is 11.3 Å². The van der Waals surface area contributed by atoms with Gasteiger partial charge in [-0.25, -0.2) is 4.98 Å². The van der Waals surface area contributed by atoms with Crippen LogP contribution in [0.25, 0.3) is 10.2 Å². The number of nitrogens with one attached hydrogen (secondary N) is 1. The Hall–Kier alpha value is -2.93. The minimum absolute atomic E-state index is 0.282. The fourth-order valence-electron chi connectivity index (χ4n) is 4.29. The Morgan fingerprint density at radius 2 is 1.78 bits per heavy atom. The number of carbonyl (C=O) groups excluding carboxylic acids is 2. The van der Waals surface area contributed by atoms with Crippen molar-refractivity contribution < 1.29 is 14.3 Å². The summed E-state index contributed by atoms with van der Waals surface area (Å²) in [5, 5.41) is 3.76. The van der Waals surface area contributed by atoms with Gasteiger partial charge in [0.2, 0.25) is 0 Å². The molecule has 1 saturated carbocycles. The first-order valence-corrected chi connectivity index (χ1v) is 11.9. The SMILES string of the molecule is CN(C)c1ccc(NC(=O)COC(=O)C2(Cc3nc4ccccc4s3)CCCCC2)cc1. The molecule has 168 valence electrons. The normalized spacial score (nSPS) is 15.3. The summed E-state index contributed by atoms with van der Waals surface area (Å²) in [6.45, 7) is -0.282. The first kappa shape index (κ1) is 22.3. The Bertz CT molecular complexity index is 1050. The summed E-state index contributed by atoms with van der Waals surface area (Å²) in [5.41, 5.74) is 2.09. The van der Waals surface area contributed by atoms with E-state index >= 15 is 0 Å². The maximum Gasteiger partial charge on any atom is 0.313 e. The Morgan fingerprint density at radius 1 is 1.06 bits per heavy atom.